The van der Waals surface area contributed by atoms with Crippen LogP contribution in [0.15, 0.2) is 59.5 Å². The predicted molar refractivity (Wildman–Crippen MR) is 105 cm³/mol. The fourth-order valence-electron chi connectivity index (χ4n) is 3.17. The van der Waals surface area contributed by atoms with Crippen molar-refractivity contribution in [2.24, 2.45) is 0 Å². The van der Waals surface area contributed by atoms with E-state index in [-0.39, 0.29) is 6.03 Å². The molecule has 0 bridgehead atoms. The van der Waals surface area contributed by atoms with E-state index in [1.165, 1.54) is 15.4 Å². The third-order valence-electron chi connectivity index (χ3n) is 4.68. The van der Waals surface area contributed by atoms with Gasteiger partial charge in [-0.05, 0) is 31.0 Å². The van der Waals surface area contributed by atoms with E-state index in [0.717, 1.165) is 6.42 Å². The molecular weight excluding hydrogens is 362 g/mol. The molecule has 0 aromatic heterocycles. The first kappa shape index (κ1) is 19.4. The molecular formula is C20H25N3O3S. The zero-order valence-electron chi connectivity index (χ0n) is 15.5. The van der Waals surface area contributed by atoms with Gasteiger partial charge in [-0.3, -0.25) is 0 Å². The average molecular weight is 388 g/mol. The van der Waals surface area contributed by atoms with Crippen LogP contribution in [-0.2, 0) is 16.4 Å². The standard InChI is InChI=1S/C20H25N3O3S/c1-17-6-5-7-18(16-17)10-11-21-20(24)22-12-14-23(15-13-22)27(25,26)19-8-3-2-4-9-19/h2-9,16H,10-15H2,1H3,(H,21,24). The number of carbonyl (C=O) groups is 1. The first-order valence-electron chi connectivity index (χ1n) is 9.10. The fraction of sp³-hybridized carbons (Fsp3) is 0.350. The van der Waals surface area contributed by atoms with E-state index < -0.39 is 10.0 Å². The summed E-state index contributed by atoms with van der Waals surface area (Å²) in [6.07, 6.45) is 0.774. The number of nitrogens with one attached hydrogen (secondary N) is 1. The summed E-state index contributed by atoms with van der Waals surface area (Å²) in [6.45, 7) is 4.01. The Morgan fingerprint density at radius 2 is 1.70 bits per heavy atom. The minimum Gasteiger partial charge on any atom is -0.338 e. The Morgan fingerprint density at radius 1 is 1.00 bits per heavy atom. The van der Waals surface area contributed by atoms with Crippen LogP contribution in [0.25, 0.3) is 0 Å². The van der Waals surface area contributed by atoms with Gasteiger partial charge in [-0.2, -0.15) is 4.31 Å². The number of hydrogen-bond acceptors (Lipinski definition) is 3. The monoisotopic (exact) mass is 387 g/mol. The molecule has 0 spiro atoms. The number of piperazine rings is 1. The molecule has 1 N–H and O–H groups in total. The van der Waals surface area contributed by atoms with E-state index in [1.54, 1.807) is 35.2 Å². The van der Waals surface area contributed by atoms with E-state index >= 15 is 0 Å². The third kappa shape index (κ3) is 4.87. The van der Waals surface area contributed by atoms with Crippen molar-refractivity contribution in [2.45, 2.75) is 18.2 Å². The molecule has 1 aliphatic rings. The summed E-state index contributed by atoms with van der Waals surface area (Å²) in [6, 6.07) is 16.5. The molecule has 2 amide bonds. The number of sulfonamides is 1. The van der Waals surface area contributed by atoms with Crippen LogP contribution in [0.1, 0.15) is 11.1 Å². The molecule has 1 saturated heterocycles. The van der Waals surface area contributed by atoms with Crippen LogP contribution >= 0.6 is 0 Å². The van der Waals surface area contributed by atoms with E-state index in [2.05, 4.69) is 11.4 Å². The van der Waals surface area contributed by atoms with Crippen LogP contribution in [0, 0.1) is 6.92 Å². The maximum absolute atomic E-state index is 12.6. The lowest BCUT2D eigenvalue weighted by atomic mass is 10.1. The Labute approximate surface area is 160 Å². The summed E-state index contributed by atoms with van der Waals surface area (Å²) < 4.78 is 26.7. The van der Waals surface area contributed by atoms with E-state index in [1.807, 2.05) is 25.1 Å². The highest BCUT2D eigenvalue weighted by Gasteiger charge is 2.29. The highest BCUT2D eigenvalue weighted by molar-refractivity contribution is 7.89. The molecule has 0 unspecified atom stereocenters. The number of urea groups is 1. The molecule has 2 aromatic carbocycles. The molecule has 1 aliphatic heterocycles. The molecule has 1 heterocycles. The summed E-state index contributed by atoms with van der Waals surface area (Å²) >= 11 is 0. The van der Waals surface area contributed by atoms with Crippen molar-refractivity contribution in [2.75, 3.05) is 32.7 Å². The van der Waals surface area contributed by atoms with E-state index in [4.69, 9.17) is 0 Å². The van der Waals surface area contributed by atoms with Gasteiger partial charge in [0, 0.05) is 32.7 Å². The van der Waals surface area contributed by atoms with E-state index in [9.17, 15) is 13.2 Å². The second-order valence-electron chi connectivity index (χ2n) is 6.68. The summed E-state index contributed by atoms with van der Waals surface area (Å²) in [4.78, 5) is 14.3. The SMILES string of the molecule is Cc1cccc(CCNC(=O)N2CCN(S(=O)(=O)c3ccccc3)CC2)c1. The van der Waals surface area contributed by atoms with Gasteiger partial charge in [-0.25, -0.2) is 13.2 Å². The molecule has 3 rings (SSSR count). The summed E-state index contributed by atoms with van der Waals surface area (Å²) in [5.41, 5.74) is 2.39. The van der Waals surface area contributed by atoms with Gasteiger partial charge in [0.1, 0.15) is 0 Å². The molecule has 7 heteroatoms. The molecule has 1 fully saturated rings. The molecule has 0 atom stereocenters. The first-order valence-corrected chi connectivity index (χ1v) is 10.5. The number of hydrogen-bond donors (Lipinski definition) is 1. The Balaban J connectivity index is 1.48. The number of rotatable bonds is 5. The van der Waals surface area contributed by atoms with Crippen LogP contribution in [0.2, 0.25) is 0 Å². The number of nitrogens with zero attached hydrogens (tertiary/aromatic N) is 2. The van der Waals surface area contributed by atoms with Crippen LogP contribution in [0.4, 0.5) is 4.79 Å². The lowest BCUT2D eigenvalue weighted by Crippen LogP contribution is -2.53. The van der Waals surface area contributed by atoms with Crippen LogP contribution < -0.4 is 5.32 Å². The molecule has 6 nitrogen and oxygen atoms in total. The van der Waals surface area contributed by atoms with Gasteiger partial charge in [0.2, 0.25) is 10.0 Å². The average Bonchev–Trinajstić information content (AvgIpc) is 2.69. The van der Waals surface area contributed by atoms with Crippen molar-refractivity contribution >= 4 is 16.1 Å². The highest BCUT2D eigenvalue weighted by Crippen LogP contribution is 2.17. The fourth-order valence-corrected chi connectivity index (χ4v) is 4.61. The zero-order chi connectivity index (χ0) is 19.3. The van der Waals surface area contributed by atoms with E-state index in [0.29, 0.717) is 37.6 Å². The van der Waals surface area contributed by atoms with Crippen molar-refractivity contribution in [1.29, 1.82) is 0 Å². The minimum atomic E-state index is -3.49. The smallest absolute Gasteiger partial charge is 0.317 e. The molecule has 0 aliphatic carbocycles. The predicted octanol–water partition coefficient (Wildman–Crippen LogP) is 2.25. The van der Waals surface area contributed by atoms with Crippen molar-refractivity contribution in [1.82, 2.24) is 14.5 Å². The number of carbonyl (C=O) groups excluding carboxylic acids is 1. The minimum absolute atomic E-state index is 0.139. The number of aryl methyl sites for hydroxylation is 1. The molecule has 144 valence electrons. The normalized spacial score (nSPS) is 15.5. The molecule has 27 heavy (non-hydrogen) atoms. The quantitative estimate of drug-likeness (QED) is 0.856. The number of benzene rings is 2. The largest absolute Gasteiger partial charge is 0.338 e. The Kier molecular flexibility index (Phi) is 6.13. The van der Waals surface area contributed by atoms with Crippen molar-refractivity contribution < 1.29 is 13.2 Å². The van der Waals surface area contributed by atoms with Crippen LogP contribution in [-0.4, -0.2) is 56.4 Å². The van der Waals surface area contributed by atoms with Crippen molar-refractivity contribution in [3.8, 4) is 0 Å². The summed E-state index contributed by atoms with van der Waals surface area (Å²) in [5.74, 6) is 0. The van der Waals surface area contributed by atoms with Crippen molar-refractivity contribution in [3.63, 3.8) is 0 Å². The summed E-state index contributed by atoms with van der Waals surface area (Å²) in [7, 11) is -3.49. The van der Waals surface area contributed by atoms with Crippen LogP contribution in [0.3, 0.4) is 0 Å². The Morgan fingerprint density at radius 3 is 2.37 bits per heavy atom. The van der Waals surface area contributed by atoms with Gasteiger partial charge in [-0.1, -0.05) is 48.0 Å². The summed E-state index contributed by atoms with van der Waals surface area (Å²) in [5, 5.41) is 2.92. The van der Waals surface area contributed by atoms with Crippen molar-refractivity contribution in [3.05, 3.63) is 65.7 Å². The second-order valence-corrected chi connectivity index (χ2v) is 8.61. The molecule has 0 radical (unpaired) electrons. The maximum atomic E-state index is 12.6. The van der Waals surface area contributed by atoms with Gasteiger partial charge < -0.3 is 10.2 Å². The lowest BCUT2D eigenvalue weighted by Gasteiger charge is -2.34. The van der Waals surface area contributed by atoms with Gasteiger partial charge in [0.25, 0.3) is 0 Å². The maximum Gasteiger partial charge on any atom is 0.317 e. The highest BCUT2D eigenvalue weighted by atomic mass is 32.2. The molecule has 2 aromatic rings. The van der Waals surface area contributed by atoms with Gasteiger partial charge in [0.15, 0.2) is 0 Å². The van der Waals surface area contributed by atoms with Gasteiger partial charge in [0.05, 0.1) is 4.90 Å². The number of amides is 2. The Hall–Kier alpha value is -2.38. The lowest BCUT2D eigenvalue weighted by molar-refractivity contribution is 0.172. The zero-order valence-corrected chi connectivity index (χ0v) is 16.3. The topological polar surface area (TPSA) is 69.7 Å². The first-order chi connectivity index (χ1) is 13.0. The van der Waals surface area contributed by atoms with Gasteiger partial charge >= 0.3 is 6.03 Å². The molecule has 0 saturated carbocycles. The second kappa shape index (κ2) is 8.54. The third-order valence-corrected chi connectivity index (χ3v) is 6.59. The Bertz CT molecular complexity index is 876. The van der Waals surface area contributed by atoms with Crippen LogP contribution in [0.5, 0.6) is 0 Å². The van der Waals surface area contributed by atoms with Gasteiger partial charge in [-0.15, -0.1) is 0 Å².